The SMILES string of the molecule is CC/C(C(=O)OC)=C(\C)I. The van der Waals surface area contributed by atoms with Crippen LogP contribution in [0.3, 0.4) is 0 Å². The normalized spacial score (nSPS) is 12.4. The van der Waals surface area contributed by atoms with Gasteiger partial charge in [-0.1, -0.05) is 6.92 Å². The molecule has 0 aliphatic carbocycles. The standard InChI is InChI=1S/C7H11IO2/c1-4-6(5(2)8)7(9)10-3/h4H2,1-3H3/b6-5-. The van der Waals surface area contributed by atoms with E-state index >= 15 is 0 Å². The first-order valence-corrected chi connectivity index (χ1v) is 4.14. The molecule has 0 aromatic heterocycles. The third-order valence-corrected chi connectivity index (χ3v) is 1.85. The van der Waals surface area contributed by atoms with E-state index in [4.69, 9.17) is 0 Å². The summed E-state index contributed by atoms with van der Waals surface area (Å²) in [5.74, 6) is -0.214. The van der Waals surface area contributed by atoms with E-state index in [1.807, 2.05) is 13.8 Å². The molecular formula is C7H11IO2. The smallest absolute Gasteiger partial charge is 0.334 e. The van der Waals surface area contributed by atoms with E-state index in [1.54, 1.807) is 0 Å². The number of carbonyl (C=O) groups is 1. The molecular weight excluding hydrogens is 243 g/mol. The molecule has 0 radical (unpaired) electrons. The van der Waals surface area contributed by atoms with Gasteiger partial charge in [0.2, 0.25) is 0 Å². The van der Waals surface area contributed by atoms with E-state index in [1.165, 1.54) is 7.11 Å². The molecule has 0 aromatic rings. The van der Waals surface area contributed by atoms with Crippen LogP contribution in [0.25, 0.3) is 0 Å². The highest BCUT2D eigenvalue weighted by atomic mass is 127. The minimum absolute atomic E-state index is 0.214. The van der Waals surface area contributed by atoms with Gasteiger partial charge in [0.15, 0.2) is 0 Å². The van der Waals surface area contributed by atoms with Crippen LogP contribution >= 0.6 is 22.6 Å². The molecule has 58 valence electrons. The molecule has 0 bridgehead atoms. The van der Waals surface area contributed by atoms with Crippen molar-refractivity contribution < 1.29 is 9.53 Å². The Hall–Kier alpha value is -0.0600. The molecule has 0 atom stereocenters. The Balaban J connectivity index is 4.37. The molecule has 0 aliphatic heterocycles. The van der Waals surface area contributed by atoms with Crippen LogP contribution < -0.4 is 0 Å². The second-order valence-electron chi connectivity index (χ2n) is 1.86. The number of esters is 1. The number of halogens is 1. The minimum Gasteiger partial charge on any atom is -0.466 e. The molecule has 0 aliphatic rings. The van der Waals surface area contributed by atoms with Crippen molar-refractivity contribution in [2.75, 3.05) is 7.11 Å². The number of rotatable bonds is 2. The van der Waals surface area contributed by atoms with E-state index in [9.17, 15) is 4.79 Å². The summed E-state index contributed by atoms with van der Waals surface area (Å²) in [6.45, 7) is 3.84. The molecule has 0 unspecified atom stereocenters. The summed E-state index contributed by atoms with van der Waals surface area (Å²) in [6, 6.07) is 0. The number of hydrogen-bond acceptors (Lipinski definition) is 2. The van der Waals surface area contributed by atoms with Crippen LogP contribution in [0, 0.1) is 0 Å². The Labute approximate surface area is 74.8 Å². The topological polar surface area (TPSA) is 26.3 Å². The minimum atomic E-state index is -0.214. The molecule has 0 heterocycles. The van der Waals surface area contributed by atoms with E-state index in [-0.39, 0.29) is 5.97 Å². The number of carbonyl (C=O) groups excluding carboxylic acids is 1. The lowest BCUT2D eigenvalue weighted by Gasteiger charge is -2.01. The molecule has 0 N–H and O–H groups in total. The first kappa shape index (κ1) is 9.94. The molecule has 0 saturated carbocycles. The number of hydrogen-bond donors (Lipinski definition) is 0. The summed E-state index contributed by atoms with van der Waals surface area (Å²) in [4.78, 5) is 10.9. The van der Waals surface area contributed by atoms with Gasteiger partial charge in [0.25, 0.3) is 0 Å². The van der Waals surface area contributed by atoms with Gasteiger partial charge in [-0.3, -0.25) is 0 Å². The van der Waals surface area contributed by atoms with Crippen LogP contribution in [0.2, 0.25) is 0 Å². The van der Waals surface area contributed by atoms with Gasteiger partial charge < -0.3 is 4.74 Å². The third-order valence-electron chi connectivity index (χ3n) is 1.20. The van der Waals surface area contributed by atoms with Crippen molar-refractivity contribution in [1.29, 1.82) is 0 Å². The van der Waals surface area contributed by atoms with Gasteiger partial charge in [-0.15, -0.1) is 0 Å². The lowest BCUT2D eigenvalue weighted by Crippen LogP contribution is -2.04. The first-order chi connectivity index (χ1) is 4.63. The second-order valence-corrected chi connectivity index (χ2v) is 3.48. The van der Waals surface area contributed by atoms with Gasteiger partial charge in [0, 0.05) is 5.57 Å². The first-order valence-electron chi connectivity index (χ1n) is 3.07. The van der Waals surface area contributed by atoms with Crippen molar-refractivity contribution in [3.8, 4) is 0 Å². The van der Waals surface area contributed by atoms with Crippen molar-refractivity contribution in [2.24, 2.45) is 0 Å². The Bertz CT molecular complexity index is 157. The van der Waals surface area contributed by atoms with Crippen LogP contribution in [-0.4, -0.2) is 13.1 Å². The van der Waals surface area contributed by atoms with Gasteiger partial charge >= 0.3 is 5.97 Å². The lowest BCUT2D eigenvalue weighted by atomic mass is 10.2. The van der Waals surface area contributed by atoms with Crippen molar-refractivity contribution >= 4 is 28.6 Å². The fraction of sp³-hybridized carbons (Fsp3) is 0.571. The highest BCUT2D eigenvalue weighted by molar-refractivity contribution is 14.1. The predicted molar refractivity (Wildman–Crippen MR) is 49.0 cm³/mol. The van der Waals surface area contributed by atoms with Gasteiger partial charge in [-0.25, -0.2) is 4.79 Å². The summed E-state index contributed by atoms with van der Waals surface area (Å²) in [7, 11) is 1.40. The van der Waals surface area contributed by atoms with Crippen molar-refractivity contribution in [1.82, 2.24) is 0 Å². The maximum atomic E-state index is 10.9. The molecule has 0 fully saturated rings. The highest BCUT2D eigenvalue weighted by Gasteiger charge is 2.08. The summed E-state index contributed by atoms with van der Waals surface area (Å²) >= 11 is 2.12. The Morgan fingerprint density at radius 3 is 2.20 bits per heavy atom. The van der Waals surface area contributed by atoms with Gasteiger partial charge in [-0.2, -0.15) is 0 Å². The molecule has 0 saturated heterocycles. The Kier molecular flexibility index (Phi) is 4.68. The average molecular weight is 254 g/mol. The predicted octanol–water partition coefficient (Wildman–Crippen LogP) is 2.28. The average Bonchev–Trinajstić information content (AvgIpc) is 1.88. The quantitative estimate of drug-likeness (QED) is 0.429. The Morgan fingerprint density at radius 1 is 1.60 bits per heavy atom. The van der Waals surface area contributed by atoms with Crippen molar-refractivity contribution in [3.63, 3.8) is 0 Å². The van der Waals surface area contributed by atoms with Crippen molar-refractivity contribution in [3.05, 3.63) is 9.15 Å². The van der Waals surface area contributed by atoms with Crippen LogP contribution in [0.15, 0.2) is 9.15 Å². The van der Waals surface area contributed by atoms with E-state index in [0.29, 0.717) is 0 Å². The van der Waals surface area contributed by atoms with Crippen LogP contribution in [-0.2, 0) is 9.53 Å². The van der Waals surface area contributed by atoms with Gasteiger partial charge in [-0.05, 0) is 39.5 Å². The maximum absolute atomic E-state index is 10.9. The number of methoxy groups -OCH3 is 1. The summed E-state index contributed by atoms with van der Waals surface area (Å²) < 4.78 is 5.57. The number of allylic oxidation sites excluding steroid dienone is 1. The van der Waals surface area contributed by atoms with Crippen LogP contribution in [0.5, 0.6) is 0 Å². The fourth-order valence-electron chi connectivity index (χ4n) is 0.652. The largest absolute Gasteiger partial charge is 0.466 e. The molecule has 0 aromatic carbocycles. The van der Waals surface area contributed by atoms with E-state index in [2.05, 4.69) is 27.3 Å². The Morgan fingerprint density at radius 2 is 2.10 bits per heavy atom. The number of ether oxygens (including phenoxy) is 1. The molecule has 0 rings (SSSR count). The monoisotopic (exact) mass is 254 g/mol. The van der Waals surface area contributed by atoms with Crippen LogP contribution in [0.4, 0.5) is 0 Å². The molecule has 0 spiro atoms. The molecule has 10 heavy (non-hydrogen) atoms. The molecule has 0 amide bonds. The zero-order valence-corrected chi connectivity index (χ0v) is 8.56. The van der Waals surface area contributed by atoms with Gasteiger partial charge in [0.1, 0.15) is 0 Å². The van der Waals surface area contributed by atoms with E-state index < -0.39 is 0 Å². The highest BCUT2D eigenvalue weighted by Crippen LogP contribution is 2.15. The van der Waals surface area contributed by atoms with Crippen molar-refractivity contribution in [2.45, 2.75) is 20.3 Å². The zero-order valence-electron chi connectivity index (χ0n) is 6.40. The summed E-state index contributed by atoms with van der Waals surface area (Å²) in [5.41, 5.74) is 0.767. The lowest BCUT2D eigenvalue weighted by molar-refractivity contribution is -0.136. The molecule has 3 heteroatoms. The fourth-order valence-corrected chi connectivity index (χ4v) is 1.25. The van der Waals surface area contributed by atoms with Gasteiger partial charge in [0.05, 0.1) is 7.11 Å². The second kappa shape index (κ2) is 4.71. The summed E-state index contributed by atoms with van der Waals surface area (Å²) in [6.07, 6.45) is 0.738. The van der Waals surface area contributed by atoms with Crippen LogP contribution in [0.1, 0.15) is 20.3 Å². The maximum Gasteiger partial charge on any atom is 0.334 e. The molecule has 2 nitrogen and oxygen atoms in total. The summed E-state index contributed by atoms with van der Waals surface area (Å²) in [5, 5.41) is 0. The zero-order chi connectivity index (χ0) is 8.15. The van der Waals surface area contributed by atoms with E-state index in [0.717, 1.165) is 15.6 Å². The third kappa shape index (κ3) is 2.68.